The Labute approximate surface area is 130 Å². The van der Waals surface area contributed by atoms with E-state index < -0.39 is 0 Å². The maximum Gasteiger partial charge on any atom is 0.249 e. The van der Waals surface area contributed by atoms with Crippen LogP contribution in [0.3, 0.4) is 0 Å². The summed E-state index contributed by atoms with van der Waals surface area (Å²) in [5.74, 6) is 1.38. The average molecular weight is 299 g/mol. The maximum atomic E-state index is 5.37. The molecule has 116 valence electrons. The predicted molar refractivity (Wildman–Crippen MR) is 86.7 cm³/mol. The number of benzene rings is 1. The van der Waals surface area contributed by atoms with Crippen molar-refractivity contribution in [1.29, 1.82) is 0 Å². The van der Waals surface area contributed by atoms with Gasteiger partial charge in [0.25, 0.3) is 0 Å². The van der Waals surface area contributed by atoms with Crippen LogP contribution >= 0.6 is 0 Å². The van der Waals surface area contributed by atoms with E-state index >= 15 is 0 Å². The first-order valence-electron chi connectivity index (χ1n) is 7.66. The molecule has 0 atom stereocenters. The lowest BCUT2D eigenvalue weighted by Crippen LogP contribution is -2.37. The van der Waals surface area contributed by atoms with Gasteiger partial charge in [-0.25, -0.2) is 0 Å². The monoisotopic (exact) mass is 299 g/mol. The number of anilines is 3. The molecule has 0 radical (unpaired) electrons. The number of hydrogen-bond acceptors (Lipinski definition) is 6. The quantitative estimate of drug-likeness (QED) is 0.935. The van der Waals surface area contributed by atoms with Gasteiger partial charge in [-0.15, -0.1) is 5.10 Å². The van der Waals surface area contributed by atoms with E-state index in [4.69, 9.17) is 4.74 Å². The maximum absolute atomic E-state index is 5.37. The average Bonchev–Trinajstić information content (AvgIpc) is 2.58. The predicted octanol–water partition coefficient (Wildman–Crippen LogP) is 2.32. The van der Waals surface area contributed by atoms with Crippen molar-refractivity contribution >= 4 is 17.5 Å². The number of ether oxygens (including phenoxy) is 1. The Morgan fingerprint density at radius 3 is 2.86 bits per heavy atom. The molecule has 1 N–H and O–H groups in total. The van der Waals surface area contributed by atoms with Gasteiger partial charge in [-0.05, 0) is 24.5 Å². The fraction of sp³-hybridized carbons (Fsp3) is 0.438. The van der Waals surface area contributed by atoms with Crippen LogP contribution in [-0.4, -0.2) is 41.5 Å². The van der Waals surface area contributed by atoms with E-state index in [1.807, 2.05) is 0 Å². The van der Waals surface area contributed by atoms with E-state index in [1.54, 1.807) is 6.20 Å². The molecule has 3 rings (SSSR count). The molecule has 0 unspecified atom stereocenters. The summed E-state index contributed by atoms with van der Waals surface area (Å²) in [6.45, 7) is 7.35. The van der Waals surface area contributed by atoms with Crippen LogP contribution in [0, 0.1) is 6.92 Å². The van der Waals surface area contributed by atoms with Crippen molar-refractivity contribution in [3.8, 4) is 0 Å². The Morgan fingerprint density at radius 2 is 2.09 bits per heavy atom. The Kier molecular flexibility index (Phi) is 4.48. The smallest absolute Gasteiger partial charge is 0.249 e. The topological polar surface area (TPSA) is 63.2 Å². The summed E-state index contributed by atoms with van der Waals surface area (Å²) >= 11 is 0. The molecule has 0 spiro atoms. The molecular formula is C16H21N5O. The Morgan fingerprint density at radius 1 is 1.27 bits per heavy atom. The number of nitrogens with one attached hydrogen (secondary N) is 1. The largest absolute Gasteiger partial charge is 0.378 e. The minimum atomic E-state index is 0.535. The molecule has 1 aromatic heterocycles. The third-order valence-electron chi connectivity index (χ3n) is 3.86. The number of hydrogen-bond donors (Lipinski definition) is 1. The summed E-state index contributed by atoms with van der Waals surface area (Å²) in [5, 5.41) is 11.5. The highest BCUT2D eigenvalue weighted by Crippen LogP contribution is 2.24. The van der Waals surface area contributed by atoms with Crippen molar-refractivity contribution in [2.75, 3.05) is 36.5 Å². The van der Waals surface area contributed by atoms with Gasteiger partial charge in [-0.1, -0.05) is 25.1 Å². The van der Waals surface area contributed by atoms with E-state index in [0.29, 0.717) is 5.95 Å². The van der Waals surface area contributed by atoms with Crippen LogP contribution < -0.4 is 10.2 Å². The van der Waals surface area contributed by atoms with Gasteiger partial charge in [0.15, 0.2) is 5.82 Å². The molecule has 0 bridgehead atoms. The van der Waals surface area contributed by atoms with E-state index in [2.05, 4.69) is 57.4 Å². The number of aryl methyl sites for hydroxylation is 2. The summed E-state index contributed by atoms with van der Waals surface area (Å²) in [6.07, 6.45) is 2.66. The van der Waals surface area contributed by atoms with Crippen molar-refractivity contribution in [3.05, 3.63) is 35.5 Å². The van der Waals surface area contributed by atoms with Gasteiger partial charge < -0.3 is 15.0 Å². The minimum absolute atomic E-state index is 0.535. The van der Waals surface area contributed by atoms with Crippen molar-refractivity contribution in [2.45, 2.75) is 20.3 Å². The van der Waals surface area contributed by atoms with Crippen LogP contribution in [-0.2, 0) is 11.2 Å². The number of nitrogens with zero attached hydrogens (tertiary/aromatic N) is 4. The number of para-hydroxylation sites is 1. The Hall–Kier alpha value is -2.21. The van der Waals surface area contributed by atoms with Crippen LogP contribution in [0.25, 0.3) is 0 Å². The molecule has 0 aliphatic carbocycles. The van der Waals surface area contributed by atoms with Crippen molar-refractivity contribution in [2.24, 2.45) is 0 Å². The van der Waals surface area contributed by atoms with Crippen molar-refractivity contribution in [1.82, 2.24) is 15.2 Å². The molecule has 2 aromatic rings. The zero-order valence-electron chi connectivity index (χ0n) is 13.0. The standard InChI is InChI=1S/C16H21N5O/c1-3-13-6-4-5-12(2)15(13)19-16-18-14(11-17-20-16)21-7-9-22-10-8-21/h4-6,11H,3,7-10H2,1-2H3,(H,18,19,20). The van der Waals surface area contributed by atoms with E-state index in [1.165, 1.54) is 11.1 Å². The number of morpholine rings is 1. The molecule has 1 fully saturated rings. The molecule has 1 aliphatic heterocycles. The summed E-state index contributed by atoms with van der Waals surface area (Å²) in [7, 11) is 0. The lowest BCUT2D eigenvalue weighted by atomic mass is 10.1. The Balaban J connectivity index is 1.84. The van der Waals surface area contributed by atoms with Gasteiger partial charge in [0, 0.05) is 18.8 Å². The fourth-order valence-corrected chi connectivity index (χ4v) is 2.61. The zero-order valence-corrected chi connectivity index (χ0v) is 13.0. The normalized spacial score (nSPS) is 14.9. The van der Waals surface area contributed by atoms with Crippen LogP contribution in [0.4, 0.5) is 17.5 Å². The minimum Gasteiger partial charge on any atom is -0.378 e. The van der Waals surface area contributed by atoms with Crippen LogP contribution in [0.2, 0.25) is 0 Å². The molecule has 6 heteroatoms. The second-order valence-corrected chi connectivity index (χ2v) is 5.33. The molecule has 22 heavy (non-hydrogen) atoms. The molecule has 6 nitrogen and oxygen atoms in total. The first kappa shape index (κ1) is 14.7. The summed E-state index contributed by atoms with van der Waals surface area (Å²) in [5.41, 5.74) is 3.51. The van der Waals surface area contributed by atoms with Gasteiger partial charge in [0.1, 0.15) is 0 Å². The molecular weight excluding hydrogens is 278 g/mol. The third kappa shape index (κ3) is 3.17. The first-order valence-corrected chi connectivity index (χ1v) is 7.66. The second kappa shape index (κ2) is 6.70. The van der Waals surface area contributed by atoms with Crippen LogP contribution in [0.1, 0.15) is 18.1 Å². The third-order valence-corrected chi connectivity index (χ3v) is 3.86. The summed E-state index contributed by atoms with van der Waals surface area (Å²) < 4.78 is 5.37. The van der Waals surface area contributed by atoms with Gasteiger partial charge in [0.05, 0.1) is 19.4 Å². The highest BCUT2D eigenvalue weighted by atomic mass is 16.5. The van der Waals surface area contributed by atoms with Gasteiger partial charge >= 0.3 is 0 Å². The lowest BCUT2D eigenvalue weighted by molar-refractivity contribution is 0.122. The van der Waals surface area contributed by atoms with Crippen LogP contribution in [0.5, 0.6) is 0 Å². The molecule has 1 aromatic carbocycles. The fourth-order valence-electron chi connectivity index (χ4n) is 2.61. The first-order chi connectivity index (χ1) is 10.8. The van der Waals surface area contributed by atoms with E-state index in [0.717, 1.165) is 44.2 Å². The highest BCUT2D eigenvalue weighted by Gasteiger charge is 2.14. The second-order valence-electron chi connectivity index (χ2n) is 5.33. The lowest BCUT2D eigenvalue weighted by Gasteiger charge is -2.27. The highest BCUT2D eigenvalue weighted by molar-refractivity contribution is 5.63. The molecule has 1 saturated heterocycles. The summed E-state index contributed by atoms with van der Waals surface area (Å²) in [6, 6.07) is 6.28. The van der Waals surface area contributed by atoms with Gasteiger partial charge in [0.2, 0.25) is 5.95 Å². The van der Waals surface area contributed by atoms with Gasteiger partial charge in [-0.2, -0.15) is 10.1 Å². The SMILES string of the molecule is CCc1cccc(C)c1Nc1nncc(N2CCOCC2)n1. The Bertz CT molecular complexity index is 640. The van der Waals surface area contributed by atoms with Crippen molar-refractivity contribution in [3.63, 3.8) is 0 Å². The molecule has 2 heterocycles. The van der Waals surface area contributed by atoms with E-state index in [-0.39, 0.29) is 0 Å². The van der Waals surface area contributed by atoms with Gasteiger partial charge in [-0.3, -0.25) is 0 Å². The number of rotatable bonds is 4. The van der Waals surface area contributed by atoms with E-state index in [9.17, 15) is 0 Å². The molecule has 0 amide bonds. The zero-order chi connectivity index (χ0) is 15.4. The summed E-state index contributed by atoms with van der Waals surface area (Å²) in [4.78, 5) is 6.76. The molecule has 1 aliphatic rings. The number of aromatic nitrogens is 3. The van der Waals surface area contributed by atoms with Crippen molar-refractivity contribution < 1.29 is 4.74 Å². The van der Waals surface area contributed by atoms with Crippen LogP contribution in [0.15, 0.2) is 24.4 Å². The molecule has 0 saturated carbocycles.